The summed E-state index contributed by atoms with van der Waals surface area (Å²) in [4.78, 5) is 3.88. The SMILES string of the molecule is CCC(CCCl)CNc1cc(C(F)(F)F)ccn1. The van der Waals surface area contributed by atoms with Crippen LogP contribution in [0.25, 0.3) is 0 Å². The fraction of sp³-hybridized carbons (Fsp3) is 0.583. The van der Waals surface area contributed by atoms with Crippen LogP contribution in [0.5, 0.6) is 0 Å². The van der Waals surface area contributed by atoms with Crippen molar-refractivity contribution in [3.8, 4) is 0 Å². The van der Waals surface area contributed by atoms with Gasteiger partial charge in [0.15, 0.2) is 0 Å². The van der Waals surface area contributed by atoms with Gasteiger partial charge in [0.2, 0.25) is 0 Å². The number of aromatic nitrogens is 1. The van der Waals surface area contributed by atoms with Crippen LogP contribution in [0.3, 0.4) is 0 Å². The van der Waals surface area contributed by atoms with Crippen molar-refractivity contribution >= 4 is 17.4 Å². The minimum Gasteiger partial charge on any atom is -0.370 e. The van der Waals surface area contributed by atoms with Gasteiger partial charge in [-0.15, -0.1) is 11.6 Å². The molecule has 2 nitrogen and oxygen atoms in total. The van der Waals surface area contributed by atoms with E-state index < -0.39 is 11.7 Å². The number of nitrogens with one attached hydrogen (secondary N) is 1. The maximum atomic E-state index is 12.5. The average molecular weight is 281 g/mol. The number of hydrogen-bond acceptors (Lipinski definition) is 2. The molecule has 1 unspecified atom stereocenters. The number of halogens is 4. The lowest BCUT2D eigenvalue weighted by atomic mass is 10.0. The number of rotatable bonds is 6. The predicted molar refractivity (Wildman–Crippen MR) is 66.8 cm³/mol. The minimum atomic E-state index is -4.33. The van der Waals surface area contributed by atoms with Crippen molar-refractivity contribution in [2.75, 3.05) is 17.7 Å². The first-order valence-corrected chi connectivity index (χ1v) is 6.34. The Morgan fingerprint density at radius 2 is 2.17 bits per heavy atom. The third-order valence-electron chi connectivity index (χ3n) is 2.75. The van der Waals surface area contributed by atoms with Crippen molar-refractivity contribution in [1.82, 2.24) is 4.98 Å². The molecule has 102 valence electrons. The summed E-state index contributed by atoms with van der Waals surface area (Å²) in [6, 6.07) is 1.98. The molecule has 0 aliphatic rings. The number of anilines is 1. The zero-order valence-corrected chi connectivity index (χ0v) is 10.9. The van der Waals surface area contributed by atoms with Crippen LogP contribution in [0.4, 0.5) is 19.0 Å². The van der Waals surface area contributed by atoms with Crippen LogP contribution in [-0.4, -0.2) is 17.4 Å². The molecule has 1 atom stereocenters. The monoisotopic (exact) mass is 280 g/mol. The van der Waals surface area contributed by atoms with E-state index in [1.807, 2.05) is 6.92 Å². The van der Waals surface area contributed by atoms with E-state index in [1.54, 1.807) is 0 Å². The zero-order chi connectivity index (χ0) is 13.6. The summed E-state index contributed by atoms with van der Waals surface area (Å²) in [6.45, 7) is 2.61. The second kappa shape index (κ2) is 6.83. The molecule has 18 heavy (non-hydrogen) atoms. The van der Waals surface area contributed by atoms with Gasteiger partial charge in [0.05, 0.1) is 5.56 Å². The van der Waals surface area contributed by atoms with Gasteiger partial charge in [0, 0.05) is 18.6 Å². The van der Waals surface area contributed by atoms with E-state index in [4.69, 9.17) is 11.6 Å². The average Bonchev–Trinajstić information content (AvgIpc) is 2.34. The Kier molecular flexibility index (Phi) is 5.72. The van der Waals surface area contributed by atoms with Gasteiger partial charge in [-0.05, 0) is 24.5 Å². The summed E-state index contributed by atoms with van der Waals surface area (Å²) in [5.41, 5.74) is -0.689. The number of hydrogen-bond donors (Lipinski definition) is 1. The first-order chi connectivity index (χ1) is 8.47. The van der Waals surface area contributed by atoms with Gasteiger partial charge in [-0.1, -0.05) is 13.3 Å². The Bertz CT molecular complexity index is 369. The highest BCUT2D eigenvalue weighted by molar-refractivity contribution is 6.17. The zero-order valence-electron chi connectivity index (χ0n) is 10.1. The smallest absolute Gasteiger partial charge is 0.370 e. The predicted octanol–water partition coefficient (Wildman–Crippen LogP) is 4.17. The Labute approximate surface area is 110 Å². The molecule has 1 aromatic heterocycles. The minimum absolute atomic E-state index is 0.248. The van der Waals surface area contributed by atoms with Crippen molar-refractivity contribution in [3.63, 3.8) is 0 Å². The van der Waals surface area contributed by atoms with Crippen molar-refractivity contribution < 1.29 is 13.2 Å². The van der Waals surface area contributed by atoms with Gasteiger partial charge in [-0.3, -0.25) is 0 Å². The summed E-state index contributed by atoms with van der Waals surface area (Å²) in [5.74, 6) is 1.15. The molecule has 1 rings (SSSR count). The summed E-state index contributed by atoms with van der Waals surface area (Å²) < 4.78 is 37.4. The van der Waals surface area contributed by atoms with Gasteiger partial charge in [0.1, 0.15) is 5.82 Å². The molecule has 0 amide bonds. The highest BCUT2D eigenvalue weighted by atomic mass is 35.5. The molecule has 1 aromatic rings. The van der Waals surface area contributed by atoms with E-state index in [9.17, 15) is 13.2 Å². The van der Waals surface area contributed by atoms with Crippen molar-refractivity contribution in [1.29, 1.82) is 0 Å². The van der Waals surface area contributed by atoms with E-state index in [-0.39, 0.29) is 5.82 Å². The quantitative estimate of drug-likeness (QED) is 0.791. The Hall–Kier alpha value is -0.970. The van der Waals surface area contributed by atoms with E-state index >= 15 is 0 Å². The van der Waals surface area contributed by atoms with E-state index in [1.165, 1.54) is 0 Å². The summed E-state index contributed by atoms with van der Waals surface area (Å²) in [7, 11) is 0. The van der Waals surface area contributed by atoms with E-state index in [0.29, 0.717) is 18.3 Å². The van der Waals surface area contributed by atoms with Crippen LogP contribution < -0.4 is 5.32 Å². The highest BCUT2D eigenvalue weighted by Crippen LogP contribution is 2.29. The second-order valence-electron chi connectivity index (χ2n) is 4.06. The second-order valence-corrected chi connectivity index (χ2v) is 4.44. The molecule has 0 saturated carbocycles. The molecule has 1 N–H and O–H groups in total. The number of pyridine rings is 1. The molecule has 0 radical (unpaired) electrons. The maximum absolute atomic E-state index is 12.5. The van der Waals surface area contributed by atoms with Crippen LogP contribution in [0, 0.1) is 5.92 Å². The molecule has 6 heteroatoms. The fourth-order valence-corrected chi connectivity index (χ4v) is 1.87. The lowest BCUT2D eigenvalue weighted by Gasteiger charge is -2.15. The molecule has 0 aliphatic carbocycles. The molecule has 1 heterocycles. The highest BCUT2D eigenvalue weighted by Gasteiger charge is 2.30. The molecule has 0 aliphatic heterocycles. The first kappa shape index (κ1) is 15.1. The summed E-state index contributed by atoms with van der Waals surface area (Å²) >= 11 is 5.65. The number of nitrogens with zero attached hydrogens (tertiary/aromatic N) is 1. The van der Waals surface area contributed by atoms with Crippen LogP contribution in [-0.2, 0) is 6.18 Å². The van der Waals surface area contributed by atoms with Crippen molar-refractivity contribution in [2.45, 2.75) is 25.9 Å². The standard InChI is InChI=1S/C12H16ClF3N2/c1-2-9(3-5-13)8-18-11-7-10(4-6-17-11)12(14,15)16/h4,6-7,9H,2-3,5,8H2,1H3,(H,17,18). The Morgan fingerprint density at radius 3 is 2.72 bits per heavy atom. The van der Waals surface area contributed by atoms with Gasteiger partial charge in [-0.25, -0.2) is 4.98 Å². The fourth-order valence-electron chi connectivity index (χ4n) is 1.56. The van der Waals surface area contributed by atoms with Crippen molar-refractivity contribution in [3.05, 3.63) is 23.9 Å². The van der Waals surface area contributed by atoms with Gasteiger partial charge in [0.25, 0.3) is 0 Å². The topological polar surface area (TPSA) is 24.9 Å². The summed E-state index contributed by atoms with van der Waals surface area (Å²) in [5, 5.41) is 2.92. The van der Waals surface area contributed by atoms with Crippen LogP contribution in [0.1, 0.15) is 25.3 Å². The number of alkyl halides is 4. The van der Waals surface area contributed by atoms with E-state index in [0.717, 1.165) is 31.2 Å². The van der Waals surface area contributed by atoms with Crippen LogP contribution in [0.2, 0.25) is 0 Å². The molecule has 0 aromatic carbocycles. The third kappa shape index (κ3) is 4.72. The largest absolute Gasteiger partial charge is 0.416 e. The van der Waals surface area contributed by atoms with Gasteiger partial charge in [-0.2, -0.15) is 13.2 Å². The lowest BCUT2D eigenvalue weighted by Crippen LogP contribution is -2.15. The summed E-state index contributed by atoms with van der Waals surface area (Å²) in [6.07, 6.45) is -1.41. The molecule has 0 spiro atoms. The lowest BCUT2D eigenvalue weighted by molar-refractivity contribution is -0.137. The van der Waals surface area contributed by atoms with Crippen LogP contribution >= 0.6 is 11.6 Å². The Balaban J connectivity index is 2.62. The van der Waals surface area contributed by atoms with E-state index in [2.05, 4.69) is 10.3 Å². The molecule has 0 fully saturated rings. The Morgan fingerprint density at radius 1 is 1.44 bits per heavy atom. The molecule has 0 bridgehead atoms. The van der Waals surface area contributed by atoms with Gasteiger partial charge < -0.3 is 5.32 Å². The molecule has 0 saturated heterocycles. The van der Waals surface area contributed by atoms with Gasteiger partial charge >= 0.3 is 6.18 Å². The van der Waals surface area contributed by atoms with Crippen LogP contribution in [0.15, 0.2) is 18.3 Å². The first-order valence-electron chi connectivity index (χ1n) is 5.80. The third-order valence-corrected chi connectivity index (χ3v) is 2.97. The molecular formula is C12H16ClF3N2. The molecular weight excluding hydrogens is 265 g/mol. The normalized spacial score (nSPS) is 13.4. The maximum Gasteiger partial charge on any atom is 0.416 e. The van der Waals surface area contributed by atoms with Crippen molar-refractivity contribution in [2.24, 2.45) is 5.92 Å².